The van der Waals surface area contributed by atoms with Gasteiger partial charge in [-0.3, -0.25) is 14.5 Å². The monoisotopic (exact) mass is 439 g/mol. The van der Waals surface area contributed by atoms with Crippen LogP contribution in [0, 0.1) is 17.8 Å². The number of para-hydroxylation sites is 1. The lowest BCUT2D eigenvalue weighted by Gasteiger charge is -2.38. The van der Waals surface area contributed by atoms with Gasteiger partial charge in [0, 0.05) is 44.2 Å². The van der Waals surface area contributed by atoms with Crippen molar-refractivity contribution < 1.29 is 14.3 Å². The number of amides is 2. The van der Waals surface area contributed by atoms with E-state index in [1.54, 1.807) is 0 Å². The first kappa shape index (κ1) is 22.8. The van der Waals surface area contributed by atoms with E-state index in [4.69, 9.17) is 4.74 Å². The van der Waals surface area contributed by atoms with E-state index in [0.29, 0.717) is 44.6 Å². The van der Waals surface area contributed by atoms with Crippen molar-refractivity contribution in [2.75, 3.05) is 32.8 Å². The number of piperidine rings is 1. The number of hydrogen-bond donors (Lipinski definition) is 1. The maximum atomic E-state index is 13.3. The first-order valence-corrected chi connectivity index (χ1v) is 12.1. The third-order valence-corrected chi connectivity index (χ3v) is 6.62. The molecule has 2 atom stereocenters. The van der Waals surface area contributed by atoms with E-state index in [2.05, 4.69) is 42.3 Å². The minimum Gasteiger partial charge on any atom is -0.489 e. The molecule has 1 saturated carbocycles. The van der Waals surface area contributed by atoms with Crippen LogP contribution in [0.3, 0.4) is 0 Å². The zero-order chi connectivity index (χ0) is 22.5. The zero-order valence-corrected chi connectivity index (χ0v) is 19.5. The smallest absolute Gasteiger partial charge is 0.236 e. The zero-order valence-electron chi connectivity index (χ0n) is 19.5. The highest BCUT2D eigenvalue weighted by Gasteiger charge is 2.33. The molecule has 2 heterocycles. The number of benzene rings is 1. The third kappa shape index (κ3) is 6.35. The SMILES string of the molecule is CC(C)CN1CC(=O)N2CC[C@@H](CC(=O)NC3CC3)[C@@H](C=CCOc3ccccc3C1)C2. The number of carbonyl (C=O) groups excluding carboxylic acids is 2. The van der Waals surface area contributed by atoms with E-state index < -0.39 is 0 Å². The summed E-state index contributed by atoms with van der Waals surface area (Å²) in [4.78, 5) is 30.0. The molecule has 4 rings (SSSR count). The van der Waals surface area contributed by atoms with Crippen LogP contribution in [0.25, 0.3) is 0 Å². The third-order valence-electron chi connectivity index (χ3n) is 6.62. The molecular weight excluding hydrogens is 402 g/mol. The van der Waals surface area contributed by atoms with Crippen molar-refractivity contribution in [3.05, 3.63) is 42.0 Å². The molecule has 3 aliphatic rings. The predicted molar refractivity (Wildman–Crippen MR) is 125 cm³/mol. The molecular formula is C26H37N3O3. The normalized spacial score (nSPS) is 24.7. The van der Waals surface area contributed by atoms with Gasteiger partial charge in [-0.15, -0.1) is 0 Å². The number of nitrogens with zero attached hydrogens (tertiary/aromatic N) is 2. The lowest BCUT2D eigenvalue weighted by Crippen LogP contribution is -2.48. The fourth-order valence-corrected chi connectivity index (χ4v) is 4.86. The number of ether oxygens (including phenoxy) is 1. The number of fused-ring (bicyclic) bond motifs is 3. The van der Waals surface area contributed by atoms with Gasteiger partial charge in [0.2, 0.25) is 11.8 Å². The van der Waals surface area contributed by atoms with Crippen LogP contribution in [0.1, 0.15) is 45.1 Å². The van der Waals surface area contributed by atoms with Crippen LogP contribution in [0.2, 0.25) is 0 Å². The Morgan fingerprint density at radius 2 is 2.00 bits per heavy atom. The lowest BCUT2D eigenvalue weighted by atomic mass is 9.82. The van der Waals surface area contributed by atoms with Crippen molar-refractivity contribution in [2.24, 2.45) is 17.8 Å². The van der Waals surface area contributed by atoms with Crippen LogP contribution in [-0.2, 0) is 16.1 Å². The van der Waals surface area contributed by atoms with Crippen molar-refractivity contribution in [1.29, 1.82) is 0 Å². The van der Waals surface area contributed by atoms with Crippen molar-refractivity contribution >= 4 is 11.8 Å². The second kappa shape index (κ2) is 10.5. The molecule has 0 aromatic heterocycles. The molecule has 0 radical (unpaired) electrons. The molecule has 2 bridgehead atoms. The van der Waals surface area contributed by atoms with Gasteiger partial charge in [-0.05, 0) is 43.1 Å². The quantitative estimate of drug-likeness (QED) is 0.716. The van der Waals surface area contributed by atoms with Crippen LogP contribution in [0.4, 0.5) is 0 Å². The molecule has 32 heavy (non-hydrogen) atoms. The fraction of sp³-hybridized carbons (Fsp3) is 0.615. The minimum atomic E-state index is 0.155. The minimum absolute atomic E-state index is 0.155. The largest absolute Gasteiger partial charge is 0.489 e. The van der Waals surface area contributed by atoms with Gasteiger partial charge in [-0.25, -0.2) is 0 Å². The maximum Gasteiger partial charge on any atom is 0.236 e. The van der Waals surface area contributed by atoms with Gasteiger partial charge in [-0.2, -0.15) is 0 Å². The van der Waals surface area contributed by atoms with E-state index in [9.17, 15) is 9.59 Å². The Hall–Kier alpha value is -2.34. The number of hydrogen-bond acceptors (Lipinski definition) is 4. The van der Waals surface area contributed by atoms with Crippen molar-refractivity contribution in [1.82, 2.24) is 15.1 Å². The summed E-state index contributed by atoms with van der Waals surface area (Å²) >= 11 is 0. The molecule has 1 N–H and O–H groups in total. The Kier molecular flexibility index (Phi) is 7.51. The topological polar surface area (TPSA) is 61.9 Å². The second-order valence-electron chi connectivity index (χ2n) is 10.0. The molecule has 6 nitrogen and oxygen atoms in total. The van der Waals surface area contributed by atoms with Crippen LogP contribution in [0.15, 0.2) is 36.4 Å². The molecule has 6 heteroatoms. The molecule has 1 saturated heterocycles. The number of carbonyl (C=O) groups is 2. The van der Waals surface area contributed by atoms with E-state index >= 15 is 0 Å². The highest BCUT2D eigenvalue weighted by molar-refractivity contribution is 5.79. The molecule has 0 spiro atoms. The summed E-state index contributed by atoms with van der Waals surface area (Å²) in [5, 5.41) is 3.12. The van der Waals surface area contributed by atoms with Crippen molar-refractivity contribution in [3.63, 3.8) is 0 Å². The lowest BCUT2D eigenvalue weighted by molar-refractivity contribution is -0.135. The summed E-state index contributed by atoms with van der Waals surface area (Å²) < 4.78 is 6.10. The van der Waals surface area contributed by atoms with Gasteiger partial charge < -0.3 is 15.0 Å². The maximum absolute atomic E-state index is 13.3. The molecule has 2 aliphatic heterocycles. The van der Waals surface area contributed by atoms with E-state index in [1.165, 1.54) is 0 Å². The Balaban J connectivity index is 1.51. The van der Waals surface area contributed by atoms with Crippen molar-refractivity contribution in [2.45, 2.75) is 52.1 Å². The summed E-state index contributed by atoms with van der Waals surface area (Å²) in [6.45, 7) is 8.25. The van der Waals surface area contributed by atoms with Crippen LogP contribution in [-0.4, -0.2) is 60.4 Å². The van der Waals surface area contributed by atoms with Gasteiger partial charge >= 0.3 is 0 Å². The number of nitrogens with one attached hydrogen (secondary N) is 1. The molecule has 2 fully saturated rings. The van der Waals surface area contributed by atoms with Gasteiger partial charge in [-0.1, -0.05) is 44.2 Å². The van der Waals surface area contributed by atoms with Gasteiger partial charge in [0.15, 0.2) is 0 Å². The summed E-state index contributed by atoms with van der Waals surface area (Å²) in [6, 6.07) is 8.50. The molecule has 174 valence electrons. The van der Waals surface area contributed by atoms with Crippen molar-refractivity contribution in [3.8, 4) is 5.75 Å². The fourth-order valence-electron chi connectivity index (χ4n) is 4.86. The average molecular weight is 440 g/mol. The molecule has 1 aromatic rings. The van der Waals surface area contributed by atoms with Crippen LogP contribution < -0.4 is 10.1 Å². The Morgan fingerprint density at radius 3 is 2.78 bits per heavy atom. The van der Waals surface area contributed by atoms with Crippen LogP contribution >= 0.6 is 0 Å². The van der Waals surface area contributed by atoms with E-state index in [0.717, 1.165) is 43.7 Å². The molecule has 0 unspecified atom stereocenters. The first-order chi connectivity index (χ1) is 15.5. The average Bonchev–Trinajstić information content (AvgIpc) is 3.55. The summed E-state index contributed by atoms with van der Waals surface area (Å²) in [5.41, 5.74) is 1.11. The standard InChI is InChI=1S/C26H37N3O3/c1-19(2)15-28-16-22-6-3-4-8-24(22)32-13-5-7-21-17-29(26(31)18-28)12-11-20(21)14-25(30)27-23-9-10-23/h3-8,19-21,23H,9-18H2,1-2H3,(H,27,30)/t20-,21-/m0/s1. The van der Waals surface area contributed by atoms with E-state index in [-0.39, 0.29) is 23.7 Å². The first-order valence-electron chi connectivity index (χ1n) is 12.1. The molecule has 1 aliphatic carbocycles. The Bertz CT molecular complexity index is 833. The molecule has 1 aromatic carbocycles. The summed E-state index contributed by atoms with van der Waals surface area (Å²) in [6.07, 6.45) is 7.84. The van der Waals surface area contributed by atoms with E-state index in [1.807, 2.05) is 23.1 Å². The summed E-state index contributed by atoms with van der Waals surface area (Å²) in [5.74, 6) is 2.12. The predicted octanol–water partition coefficient (Wildman–Crippen LogP) is 3.23. The highest BCUT2D eigenvalue weighted by Crippen LogP contribution is 2.29. The molecule has 2 amide bonds. The summed E-state index contributed by atoms with van der Waals surface area (Å²) in [7, 11) is 0. The number of rotatable bonds is 5. The highest BCUT2D eigenvalue weighted by atomic mass is 16.5. The van der Waals surface area contributed by atoms with Crippen LogP contribution in [0.5, 0.6) is 5.75 Å². The van der Waals surface area contributed by atoms with Gasteiger partial charge in [0.05, 0.1) is 6.54 Å². The second-order valence-corrected chi connectivity index (χ2v) is 10.0. The Labute approximate surface area is 192 Å². The Morgan fingerprint density at radius 1 is 1.19 bits per heavy atom. The van der Waals surface area contributed by atoms with Gasteiger partial charge in [0.25, 0.3) is 0 Å². The van der Waals surface area contributed by atoms with Gasteiger partial charge in [0.1, 0.15) is 12.4 Å².